The third-order valence-corrected chi connectivity index (χ3v) is 5.81. The van der Waals surface area contributed by atoms with Crippen LogP contribution in [0.25, 0.3) is 11.0 Å². The molecular weight excluding hydrogens is 404 g/mol. The van der Waals surface area contributed by atoms with Crippen LogP contribution in [0.1, 0.15) is 42.7 Å². The number of anilines is 1. The predicted molar refractivity (Wildman–Crippen MR) is 125 cm³/mol. The van der Waals surface area contributed by atoms with E-state index >= 15 is 0 Å². The zero-order chi connectivity index (χ0) is 22.3. The van der Waals surface area contributed by atoms with Gasteiger partial charge in [0, 0.05) is 19.5 Å². The fraction of sp³-hybridized carbons (Fsp3) is 0.320. The number of H-pyrrole nitrogens is 1. The zero-order valence-corrected chi connectivity index (χ0v) is 17.9. The van der Waals surface area contributed by atoms with Crippen molar-refractivity contribution in [2.45, 2.75) is 38.0 Å². The number of para-hydroxylation sites is 2. The lowest BCUT2D eigenvalue weighted by atomic mass is 9.88. The van der Waals surface area contributed by atoms with E-state index < -0.39 is 5.97 Å². The molecule has 0 saturated carbocycles. The number of carboxylic acids is 1. The number of fused-ring (bicyclic) bond motifs is 2. The summed E-state index contributed by atoms with van der Waals surface area (Å²) in [5.74, 6) is -0.164. The van der Waals surface area contributed by atoms with Gasteiger partial charge in [0.25, 0.3) is 0 Å². The number of benzene rings is 2. The summed E-state index contributed by atoms with van der Waals surface area (Å²) in [6.45, 7) is 1.10. The predicted octanol–water partition coefficient (Wildman–Crippen LogP) is 4.00. The first-order chi connectivity index (χ1) is 15.6. The Morgan fingerprint density at radius 3 is 2.78 bits per heavy atom. The Morgan fingerprint density at radius 1 is 1.12 bits per heavy atom. The van der Waals surface area contributed by atoms with Crippen molar-refractivity contribution in [2.75, 3.05) is 18.4 Å². The summed E-state index contributed by atoms with van der Waals surface area (Å²) in [5.41, 5.74) is 5.24. The van der Waals surface area contributed by atoms with Crippen molar-refractivity contribution >= 4 is 28.9 Å². The highest BCUT2D eigenvalue weighted by Crippen LogP contribution is 2.33. The average Bonchev–Trinajstić information content (AvgIpc) is 3.12. The number of carbonyl (C=O) groups is 2. The van der Waals surface area contributed by atoms with Crippen LogP contribution in [0.15, 0.2) is 60.2 Å². The Kier molecular flexibility index (Phi) is 6.84. The molecule has 166 valence electrons. The Bertz CT molecular complexity index is 1100. The third kappa shape index (κ3) is 5.55. The van der Waals surface area contributed by atoms with Crippen LogP contribution in [0.5, 0.6) is 0 Å². The minimum Gasteiger partial charge on any atom is -0.481 e. The Hall–Kier alpha value is -3.61. The third-order valence-electron chi connectivity index (χ3n) is 5.81. The molecule has 0 fully saturated rings. The number of aromatic nitrogens is 2. The van der Waals surface area contributed by atoms with Gasteiger partial charge in [-0.1, -0.05) is 48.0 Å². The normalized spacial score (nSPS) is 15.5. The number of aromatic amines is 1. The van der Waals surface area contributed by atoms with E-state index in [1.165, 1.54) is 0 Å². The second kappa shape index (κ2) is 10.1. The van der Waals surface area contributed by atoms with Gasteiger partial charge in [-0.25, -0.2) is 4.98 Å². The van der Waals surface area contributed by atoms with Gasteiger partial charge in [0.1, 0.15) is 0 Å². The minimum absolute atomic E-state index is 0.00569. The van der Waals surface area contributed by atoms with Crippen LogP contribution in [-0.2, 0) is 16.0 Å². The zero-order valence-electron chi connectivity index (χ0n) is 17.9. The summed E-state index contributed by atoms with van der Waals surface area (Å²) in [6.07, 6.45) is 4.74. The van der Waals surface area contributed by atoms with E-state index in [1.807, 2.05) is 42.5 Å². The number of rotatable bonds is 9. The molecule has 7 heteroatoms. The summed E-state index contributed by atoms with van der Waals surface area (Å²) >= 11 is 0. The molecule has 0 aliphatic heterocycles. The van der Waals surface area contributed by atoms with E-state index in [1.54, 1.807) is 0 Å². The maximum absolute atomic E-state index is 12.3. The maximum atomic E-state index is 12.3. The van der Waals surface area contributed by atoms with Crippen molar-refractivity contribution in [3.8, 4) is 0 Å². The Labute approximate surface area is 186 Å². The maximum Gasteiger partial charge on any atom is 0.303 e. The van der Waals surface area contributed by atoms with Crippen molar-refractivity contribution < 1.29 is 14.7 Å². The van der Waals surface area contributed by atoms with E-state index in [-0.39, 0.29) is 18.2 Å². The SMILES string of the molecule is O=C(O)CC1CC(CNC(=O)CCCNc2nc3ccccc3[nH]2)=CCc2ccccc21. The van der Waals surface area contributed by atoms with Crippen molar-refractivity contribution in [1.82, 2.24) is 15.3 Å². The van der Waals surface area contributed by atoms with E-state index in [2.05, 4.69) is 32.7 Å². The number of hydrogen-bond acceptors (Lipinski definition) is 4. The lowest BCUT2D eigenvalue weighted by molar-refractivity contribution is -0.137. The number of nitrogens with zero attached hydrogens (tertiary/aromatic N) is 1. The van der Waals surface area contributed by atoms with Gasteiger partial charge in [-0.2, -0.15) is 0 Å². The topological polar surface area (TPSA) is 107 Å². The molecule has 1 aliphatic carbocycles. The van der Waals surface area contributed by atoms with Crippen LogP contribution in [0, 0.1) is 0 Å². The molecule has 1 heterocycles. The second-order valence-electron chi connectivity index (χ2n) is 8.17. The van der Waals surface area contributed by atoms with E-state index in [9.17, 15) is 14.7 Å². The summed E-state index contributed by atoms with van der Waals surface area (Å²) in [7, 11) is 0. The monoisotopic (exact) mass is 432 g/mol. The molecule has 1 atom stereocenters. The molecule has 1 amide bonds. The summed E-state index contributed by atoms with van der Waals surface area (Å²) in [4.78, 5) is 31.4. The van der Waals surface area contributed by atoms with Gasteiger partial charge in [-0.05, 0) is 48.4 Å². The fourth-order valence-corrected chi connectivity index (χ4v) is 4.21. The van der Waals surface area contributed by atoms with Crippen LogP contribution in [-0.4, -0.2) is 40.0 Å². The molecule has 4 rings (SSSR count). The van der Waals surface area contributed by atoms with Gasteiger partial charge in [0.2, 0.25) is 11.9 Å². The van der Waals surface area contributed by atoms with Crippen molar-refractivity contribution in [2.24, 2.45) is 0 Å². The minimum atomic E-state index is -0.799. The van der Waals surface area contributed by atoms with Gasteiger partial charge >= 0.3 is 5.97 Å². The summed E-state index contributed by atoms with van der Waals surface area (Å²) in [5, 5.41) is 15.5. The van der Waals surface area contributed by atoms with Crippen molar-refractivity contribution in [1.29, 1.82) is 0 Å². The van der Waals surface area contributed by atoms with Gasteiger partial charge in [0.15, 0.2) is 0 Å². The fourth-order valence-electron chi connectivity index (χ4n) is 4.21. The van der Waals surface area contributed by atoms with Crippen molar-refractivity contribution in [3.05, 3.63) is 71.3 Å². The number of imidazole rings is 1. The number of carboxylic acid groups (broad SMARTS) is 1. The Morgan fingerprint density at radius 2 is 1.94 bits per heavy atom. The van der Waals surface area contributed by atoms with Gasteiger partial charge in [0.05, 0.1) is 17.5 Å². The molecule has 4 N–H and O–H groups in total. The van der Waals surface area contributed by atoms with Crippen LogP contribution in [0.4, 0.5) is 5.95 Å². The second-order valence-corrected chi connectivity index (χ2v) is 8.17. The van der Waals surface area contributed by atoms with Crippen LogP contribution in [0.3, 0.4) is 0 Å². The van der Waals surface area contributed by atoms with Crippen LogP contribution in [0.2, 0.25) is 0 Å². The lowest BCUT2D eigenvalue weighted by Gasteiger charge is -2.17. The molecule has 0 saturated heterocycles. The van der Waals surface area contributed by atoms with E-state index in [0.717, 1.165) is 34.2 Å². The number of hydrogen-bond donors (Lipinski definition) is 4. The number of nitrogens with one attached hydrogen (secondary N) is 3. The highest BCUT2D eigenvalue weighted by molar-refractivity contribution is 5.77. The molecule has 0 spiro atoms. The molecule has 0 bridgehead atoms. The number of amides is 1. The van der Waals surface area contributed by atoms with Gasteiger partial charge < -0.3 is 20.7 Å². The Balaban J connectivity index is 1.23. The number of allylic oxidation sites excluding steroid dienone is 1. The standard InChI is InChI=1S/C25H28N4O3/c30-23(10-5-13-26-25-28-21-8-3-4-9-22(21)29-25)27-16-17-11-12-18-6-1-2-7-20(18)19(14-17)15-24(31)32/h1-4,6-9,11,19H,5,10,12-16H2,(H,27,30)(H,31,32)(H2,26,28,29). The quantitative estimate of drug-likeness (QED) is 0.302. The summed E-state index contributed by atoms with van der Waals surface area (Å²) < 4.78 is 0. The van der Waals surface area contributed by atoms with Gasteiger partial charge in [-0.15, -0.1) is 0 Å². The van der Waals surface area contributed by atoms with Crippen LogP contribution >= 0.6 is 0 Å². The molecule has 0 radical (unpaired) electrons. The van der Waals surface area contributed by atoms with Crippen molar-refractivity contribution in [3.63, 3.8) is 0 Å². The first-order valence-electron chi connectivity index (χ1n) is 11.0. The highest BCUT2D eigenvalue weighted by Gasteiger charge is 2.22. The largest absolute Gasteiger partial charge is 0.481 e. The smallest absolute Gasteiger partial charge is 0.303 e. The first kappa shape index (κ1) is 21.6. The molecule has 1 aliphatic rings. The average molecular weight is 433 g/mol. The first-order valence-corrected chi connectivity index (χ1v) is 11.0. The number of carbonyl (C=O) groups excluding carboxylic acids is 1. The molecular formula is C25H28N4O3. The molecule has 1 unspecified atom stereocenters. The van der Waals surface area contributed by atoms with Crippen LogP contribution < -0.4 is 10.6 Å². The van der Waals surface area contributed by atoms with E-state index in [0.29, 0.717) is 38.3 Å². The number of aliphatic carboxylic acids is 1. The summed E-state index contributed by atoms with van der Waals surface area (Å²) in [6, 6.07) is 15.8. The van der Waals surface area contributed by atoms with Gasteiger partial charge in [-0.3, -0.25) is 9.59 Å². The van der Waals surface area contributed by atoms with E-state index in [4.69, 9.17) is 0 Å². The highest BCUT2D eigenvalue weighted by atomic mass is 16.4. The molecule has 3 aromatic rings. The molecule has 1 aromatic heterocycles. The molecule has 32 heavy (non-hydrogen) atoms. The molecule has 2 aromatic carbocycles. The molecule has 7 nitrogen and oxygen atoms in total. The lowest BCUT2D eigenvalue weighted by Crippen LogP contribution is -2.26.